The number of benzene rings is 1. The summed E-state index contributed by atoms with van der Waals surface area (Å²) in [6.07, 6.45) is 0.345. The molecule has 5 nitrogen and oxygen atoms in total. The summed E-state index contributed by atoms with van der Waals surface area (Å²) in [5.41, 5.74) is 6.07. The maximum Gasteiger partial charge on any atom is 0.306 e. The minimum absolute atomic E-state index is 0.205. The minimum atomic E-state index is -0.896. The molecule has 1 amide bonds. The molecule has 0 saturated carbocycles. The number of halogens is 2. The van der Waals surface area contributed by atoms with E-state index < -0.39 is 11.9 Å². The smallest absolute Gasteiger partial charge is 0.306 e. The second-order valence-electron chi connectivity index (χ2n) is 4.14. The highest BCUT2D eigenvalue weighted by molar-refractivity contribution is 6.39. The number of nitrogen functional groups attached to an aromatic ring is 1. The highest BCUT2D eigenvalue weighted by Crippen LogP contribution is 2.28. The van der Waals surface area contributed by atoms with Gasteiger partial charge in [0, 0.05) is 12.1 Å². The predicted octanol–water partition coefficient (Wildman–Crippen LogP) is 2.42. The van der Waals surface area contributed by atoms with Crippen molar-refractivity contribution in [1.82, 2.24) is 5.32 Å². The first kappa shape index (κ1) is 15.6. The van der Waals surface area contributed by atoms with Gasteiger partial charge in [-0.15, -0.1) is 0 Å². The fourth-order valence-corrected chi connectivity index (χ4v) is 1.83. The van der Waals surface area contributed by atoms with Crippen molar-refractivity contribution in [2.75, 3.05) is 12.3 Å². The quantitative estimate of drug-likeness (QED) is 0.728. The molecule has 0 aliphatic carbocycles. The van der Waals surface area contributed by atoms with Gasteiger partial charge in [0.25, 0.3) is 5.91 Å². The van der Waals surface area contributed by atoms with Gasteiger partial charge < -0.3 is 16.2 Å². The maximum atomic E-state index is 11.8. The van der Waals surface area contributed by atoms with E-state index in [1.807, 2.05) is 0 Å². The molecule has 0 aliphatic rings. The summed E-state index contributed by atoms with van der Waals surface area (Å²) in [5, 5.41) is 11.7. The third-order valence-electron chi connectivity index (χ3n) is 2.63. The summed E-state index contributed by atoms with van der Waals surface area (Å²) in [4.78, 5) is 22.4. The van der Waals surface area contributed by atoms with Crippen LogP contribution in [0.2, 0.25) is 10.0 Å². The molecule has 1 aromatic carbocycles. The van der Waals surface area contributed by atoms with Gasteiger partial charge in [-0.1, -0.05) is 30.1 Å². The van der Waals surface area contributed by atoms with Gasteiger partial charge in [0.2, 0.25) is 0 Å². The Morgan fingerprint density at radius 2 is 1.89 bits per heavy atom. The van der Waals surface area contributed by atoms with Gasteiger partial charge in [-0.25, -0.2) is 0 Å². The largest absolute Gasteiger partial charge is 0.481 e. The molecule has 0 heterocycles. The number of hydrogen-bond donors (Lipinski definition) is 3. The third kappa shape index (κ3) is 4.29. The van der Waals surface area contributed by atoms with Crippen LogP contribution in [0.25, 0.3) is 0 Å². The lowest BCUT2D eigenvalue weighted by molar-refractivity contribution is -0.141. The van der Waals surface area contributed by atoms with E-state index in [1.165, 1.54) is 12.1 Å². The summed E-state index contributed by atoms with van der Waals surface area (Å²) in [5.74, 6) is -1.78. The first-order chi connectivity index (χ1) is 8.82. The molecule has 7 heteroatoms. The fraction of sp³-hybridized carbons (Fsp3) is 0.333. The molecule has 104 valence electrons. The Bertz CT molecular complexity index is 483. The van der Waals surface area contributed by atoms with Gasteiger partial charge in [0.15, 0.2) is 0 Å². The second-order valence-corrected chi connectivity index (χ2v) is 4.95. The van der Waals surface area contributed by atoms with Crippen LogP contribution in [-0.4, -0.2) is 23.5 Å². The monoisotopic (exact) mass is 304 g/mol. The van der Waals surface area contributed by atoms with Crippen LogP contribution in [0.15, 0.2) is 12.1 Å². The molecule has 0 radical (unpaired) electrons. The second kappa shape index (κ2) is 6.63. The molecule has 4 N–H and O–H groups in total. The number of aliphatic carboxylic acids is 1. The van der Waals surface area contributed by atoms with Gasteiger partial charge in [0.05, 0.1) is 21.7 Å². The molecule has 0 bridgehead atoms. The Labute approximate surface area is 120 Å². The standard InChI is InChI=1S/C12H14Cl2N2O3/c1-6(12(18)19)2-3-16-11(17)7-4-8(13)10(15)9(14)5-7/h4-6H,2-3,15H2,1H3,(H,16,17)(H,18,19). The van der Waals surface area contributed by atoms with Crippen molar-refractivity contribution in [3.05, 3.63) is 27.7 Å². The Hall–Kier alpha value is -1.46. The normalized spacial score (nSPS) is 11.9. The lowest BCUT2D eigenvalue weighted by atomic mass is 10.1. The Kier molecular flexibility index (Phi) is 5.44. The van der Waals surface area contributed by atoms with Gasteiger partial charge in [-0.05, 0) is 18.6 Å². The average Bonchev–Trinajstić information content (AvgIpc) is 2.34. The third-order valence-corrected chi connectivity index (χ3v) is 3.25. The van der Waals surface area contributed by atoms with E-state index in [0.717, 1.165) is 0 Å². The van der Waals surface area contributed by atoms with Crippen molar-refractivity contribution in [2.45, 2.75) is 13.3 Å². The minimum Gasteiger partial charge on any atom is -0.481 e. The van der Waals surface area contributed by atoms with Crippen LogP contribution in [-0.2, 0) is 4.79 Å². The van der Waals surface area contributed by atoms with Crippen molar-refractivity contribution < 1.29 is 14.7 Å². The summed E-state index contributed by atoms with van der Waals surface area (Å²) in [7, 11) is 0. The molecule has 0 aliphatic heterocycles. The van der Waals surface area contributed by atoms with Gasteiger partial charge in [-0.3, -0.25) is 9.59 Å². The molecular formula is C12H14Cl2N2O3. The molecule has 1 atom stereocenters. The van der Waals surface area contributed by atoms with Crippen molar-refractivity contribution in [3.8, 4) is 0 Å². The van der Waals surface area contributed by atoms with Gasteiger partial charge in [0.1, 0.15) is 0 Å². The number of hydrogen-bond acceptors (Lipinski definition) is 3. The van der Waals surface area contributed by atoms with E-state index >= 15 is 0 Å². The number of carboxylic acids is 1. The molecule has 1 aromatic rings. The first-order valence-electron chi connectivity index (χ1n) is 5.58. The average molecular weight is 305 g/mol. The number of carboxylic acid groups (broad SMARTS) is 1. The van der Waals surface area contributed by atoms with Crippen LogP contribution in [0.5, 0.6) is 0 Å². The first-order valence-corrected chi connectivity index (χ1v) is 6.34. The zero-order valence-electron chi connectivity index (χ0n) is 10.2. The van der Waals surface area contributed by atoms with Crippen molar-refractivity contribution in [1.29, 1.82) is 0 Å². The zero-order valence-corrected chi connectivity index (χ0v) is 11.8. The van der Waals surface area contributed by atoms with Crippen LogP contribution in [0, 0.1) is 5.92 Å². The Balaban J connectivity index is 2.62. The van der Waals surface area contributed by atoms with Crippen molar-refractivity contribution in [2.24, 2.45) is 5.92 Å². The summed E-state index contributed by atoms with van der Waals surface area (Å²) < 4.78 is 0. The number of carbonyl (C=O) groups is 2. The fourth-order valence-electron chi connectivity index (χ4n) is 1.34. The number of carbonyl (C=O) groups excluding carboxylic acids is 1. The predicted molar refractivity (Wildman–Crippen MR) is 74.6 cm³/mol. The SMILES string of the molecule is CC(CCNC(=O)c1cc(Cl)c(N)c(Cl)c1)C(=O)O. The van der Waals surface area contributed by atoms with Gasteiger partial charge >= 0.3 is 5.97 Å². The van der Waals surface area contributed by atoms with Crippen LogP contribution in [0.1, 0.15) is 23.7 Å². The lowest BCUT2D eigenvalue weighted by Crippen LogP contribution is -2.27. The molecule has 0 saturated heterocycles. The van der Waals surface area contributed by atoms with E-state index in [2.05, 4.69) is 5.32 Å². The van der Waals surface area contributed by atoms with E-state index in [-0.39, 0.29) is 33.7 Å². The summed E-state index contributed by atoms with van der Waals surface area (Å²) in [6, 6.07) is 2.83. The molecule has 0 spiro atoms. The molecule has 1 rings (SSSR count). The Morgan fingerprint density at radius 1 is 1.37 bits per heavy atom. The maximum absolute atomic E-state index is 11.8. The van der Waals surface area contributed by atoms with Crippen molar-refractivity contribution in [3.63, 3.8) is 0 Å². The molecule has 1 unspecified atom stereocenters. The van der Waals surface area contributed by atoms with Crippen LogP contribution in [0.3, 0.4) is 0 Å². The zero-order chi connectivity index (χ0) is 14.6. The number of nitrogens with one attached hydrogen (secondary N) is 1. The van der Waals surface area contributed by atoms with E-state index in [1.54, 1.807) is 6.92 Å². The van der Waals surface area contributed by atoms with Crippen LogP contribution >= 0.6 is 23.2 Å². The summed E-state index contributed by atoms with van der Waals surface area (Å²) in [6.45, 7) is 1.83. The van der Waals surface area contributed by atoms with E-state index in [0.29, 0.717) is 6.42 Å². The molecule has 0 aromatic heterocycles. The Morgan fingerprint density at radius 3 is 2.37 bits per heavy atom. The van der Waals surface area contributed by atoms with E-state index in [4.69, 9.17) is 34.0 Å². The highest BCUT2D eigenvalue weighted by atomic mass is 35.5. The lowest BCUT2D eigenvalue weighted by Gasteiger charge is -2.09. The topological polar surface area (TPSA) is 92.4 Å². The van der Waals surface area contributed by atoms with Crippen molar-refractivity contribution >= 4 is 40.8 Å². The number of amides is 1. The molecule has 0 fully saturated rings. The summed E-state index contributed by atoms with van der Waals surface area (Å²) >= 11 is 11.6. The number of anilines is 1. The van der Waals surface area contributed by atoms with Gasteiger partial charge in [-0.2, -0.15) is 0 Å². The highest BCUT2D eigenvalue weighted by Gasteiger charge is 2.13. The molecule has 19 heavy (non-hydrogen) atoms. The number of rotatable bonds is 5. The van der Waals surface area contributed by atoms with E-state index in [9.17, 15) is 9.59 Å². The molecular weight excluding hydrogens is 291 g/mol. The van der Waals surface area contributed by atoms with Crippen LogP contribution < -0.4 is 11.1 Å². The number of nitrogens with two attached hydrogens (primary N) is 1. The van der Waals surface area contributed by atoms with Crippen LogP contribution in [0.4, 0.5) is 5.69 Å².